The topological polar surface area (TPSA) is 12.0 Å². The second-order valence-corrected chi connectivity index (χ2v) is 4.06. The van der Waals surface area contributed by atoms with Crippen molar-refractivity contribution in [2.45, 2.75) is 58.8 Å². The fourth-order valence-corrected chi connectivity index (χ4v) is 1.81. The molecule has 0 aromatic heterocycles. The van der Waals surface area contributed by atoms with Crippen LogP contribution in [0, 0.1) is 5.92 Å². The van der Waals surface area contributed by atoms with Gasteiger partial charge in [-0.05, 0) is 32.4 Å². The molecule has 0 saturated heterocycles. The molecule has 0 radical (unpaired) electrons. The molecule has 0 aromatic rings. The Kier molecular flexibility index (Phi) is 10.0. The first-order chi connectivity index (χ1) is 6.35. The van der Waals surface area contributed by atoms with Gasteiger partial charge in [0, 0.05) is 0 Å². The van der Waals surface area contributed by atoms with Gasteiger partial charge in [0.25, 0.3) is 0 Å². The van der Waals surface area contributed by atoms with Gasteiger partial charge in [-0.3, -0.25) is 0 Å². The van der Waals surface area contributed by atoms with Crippen molar-refractivity contribution >= 4 is 0 Å². The Labute approximate surface area is 84.3 Å². The van der Waals surface area contributed by atoms with Crippen LogP contribution in [0.1, 0.15) is 58.8 Å². The molecule has 0 rings (SSSR count). The molecule has 0 aliphatic rings. The second kappa shape index (κ2) is 10.0. The van der Waals surface area contributed by atoms with Crippen LogP contribution in [-0.4, -0.2) is 13.6 Å². The van der Waals surface area contributed by atoms with E-state index < -0.39 is 0 Å². The highest BCUT2D eigenvalue weighted by Gasteiger charge is 2.05. The van der Waals surface area contributed by atoms with Gasteiger partial charge in [-0.15, -0.1) is 0 Å². The predicted molar refractivity (Wildman–Crippen MR) is 61.1 cm³/mol. The van der Waals surface area contributed by atoms with E-state index in [4.69, 9.17) is 0 Å². The largest absolute Gasteiger partial charge is 0.319 e. The summed E-state index contributed by atoms with van der Waals surface area (Å²) in [6.07, 6.45) is 9.77. The highest BCUT2D eigenvalue weighted by atomic mass is 14.8. The Morgan fingerprint density at radius 2 is 1.54 bits per heavy atom. The van der Waals surface area contributed by atoms with Gasteiger partial charge in [-0.1, -0.05) is 46.0 Å². The Morgan fingerprint density at radius 3 is 2.08 bits per heavy atom. The molecule has 0 aliphatic heterocycles. The molecule has 0 aromatic carbocycles. The lowest BCUT2D eigenvalue weighted by Crippen LogP contribution is -2.18. The zero-order valence-corrected chi connectivity index (χ0v) is 9.73. The molecular formula is C12H27N. The van der Waals surface area contributed by atoms with E-state index in [0.717, 1.165) is 5.92 Å². The number of hydrogen-bond donors (Lipinski definition) is 1. The van der Waals surface area contributed by atoms with Crippen molar-refractivity contribution in [3.8, 4) is 0 Å². The maximum absolute atomic E-state index is 3.30. The van der Waals surface area contributed by atoms with E-state index in [0.29, 0.717) is 0 Å². The first-order valence-electron chi connectivity index (χ1n) is 5.99. The molecule has 1 N–H and O–H groups in total. The van der Waals surface area contributed by atoms with Gasteiger partial charge in [0.05, 0.1) is 0 Å². The highest BCUT2D eigenvalue weighted by Crippen LogP contribution is 2.15. The first-order valence-corrected chi connectivity index (χ1v) is 5.99. The minimum atomic E-state index is 0.927. The van der Waals surface area contributed by atoms with Crippen LogP contribution in [0.25, 0.3) is 0 Å². The van der Waals surface area contributed by atoms with Crippen molar-refractivity contribution in [1.29, 1.82) is 0 Å². The minimum absolute atomic E-state index is 0.927. The molecule has 0 aliphatic carbocycles. The van der Waals surface area contributed by atoms with E-state index in [9.17, 15) is 0 Å². The van der Waals surface area contributed by atoms with E-state index in [1.807, 2.05) is 0 Å². The second-order valence-electron chi connectivity index (χ2n) is 4.06. The lowest BCUT2D eigenvalue weighted by molar-refractivity contribution is 0.402. The molecule has 0 heterocycles. The summed E-state index contributed by atoms with van der Waals surface area (Å²) in [7, 11) is 2.07. The maximum Gasteiger partial charge on any atom is -0.00235 e. The molecular weight excluding hydrogens is 158 g/mol. The van der Waals surface area contributed by atoms with Crippen molar-refractivity contribution in [2.24, 2.45) is 5.92 Å². The van der Waals surface area contributed by atoms with E-state index in [1.54, 1.807) is 0 Å². The zero-order chi connectivity index (χ0) is 9.94. The third-order valence-corrected chi connectivity index (χ3v) is 2.67. The van der Waals surface area contributed by atoms with Crippen LogP contribution in [0.15, 0.2) is 0 Å². The lowest BCUT2D eigenvalue weighted by atomic mass is 9.95. The fraction of sp³-hybridized carbons (Fsp3) is 1.00. The number of hydrogen-bond acceptors (Lipinski definition) is 1. The smallest absolute Gasteiger partial charge is 0.00235 e. The SMILES string of the molecule is CCCCCC(CCCC)CNC. The van der Waals surface area contributed by atoms with Crippen molar-refractivity contribution in [3.63, 3.8) is 0 Å². The molecule has 0 spiro atoms. The number of rotatable bonds is 9. The Balaban J connectivity index is 3.41. The minimum Gasteiger partial charge on any atom is -0.319 e. The summed E-state index contributed by atoms with van der Waals surface area (Å²) in [5.41, 5.74) is 0. The highest BCUT2D eigenvalue weighted by molar-refractivity contribution is 4.61. The van der Waals surface area contributed by atoms with Gasteiger partial charge < -0.3 is 5.32 Å². The Hall–Kier alpha value is -0.0400. The summed E-state index contributed by atoms with van der Waals surface area (Å²) < 4.78 is 0. The summed E-state index contributed by atoms with van der Waals surface area (Å²) in [6, 6.07) is 0. The summed E-state index contributed by atoms with van der Waals surface area (Å²) in [5, 5.41) is 3.30. The van der Waals surface area contributed by atoms with E-state index in [1.165, 1.54) is 51.5 Å². The van der Waals surface area contributed by atoms with Crippen molar-refractivity contribution in [3.05, 3.63) is 0 Å². The van der Waals surface area contributed by atoms with Crippen molar-refractivity contribution < 1.29 is 0 Å². The molecule has 13 heavy (non-hydrogen) atoms. The van der Waals surface area contributed by atoms with Gasteiger partial charge in [-0.25, -0.2) is 0 Å². The van der Waals surface area contributed by atoms with Gasteiger partial charge >= 0.3 is 0 Å². The average Bonchev–Trinajstić information content (AvgIpc) is 2.14. The molecule has 0 bridgehead atoms. The third-order valence-electron chi connectivity index (χ3n) is 2.67. The summed E-state index contributed by atoms with van der Waals surface area (Å²) in [6.45, 7) is 5.77. The van der Waals surface area contributed by atoms with Crippen molar-refractivity contribution in [1.82, 2.24) is 5.32 Å². The van der Waals surface area contributed by atoms with E-state index in [-0.39, 0.29) is 0 Å². The fourth-order valence-electron chi connectivity index (χ4n) is 1.81. The predicted octanol–water partition coefficient (Wildman–Crippen LogP) is 3.59. The Morgan fingerprint density at radius 1 is 0.923 bits per heavy atom. The van der Waals surface area contributed by atoms with E-state index in [2.05, 4.69) is 26.2 Å². The van der Waals surface area contributed by atoms with Crippen LogP contribution in [0.4, 0.5) is 0 Å². The van der Waals surface area contributed by atoms with Gasteiger partial charge in [0.15, 0.2) is 0 Å². The van der Waals surface area contributed by atoms with Gasteiger partial charge in [0.2, 0.25) is 0 Å². The monoisotopic (exact) mass is 185 g/mol. The van der Waals surface area contributed by atoms with Crippen LogP contribution in [0.2, 0.25) is 0 Å². The molecule has 1 atom stereocenters. The van der Waals surface area contributed by atoms with Gasteiger partial charge in [0.1, 0.15) is 0 Å². The zero-order valence-electron chi connectivity index (χ0n) is 9.73. The van der Waals surface area contributed by atoms with E-state index >= 15 is 0 Å². The summed E-state index contributed by atoms with van der Waals surface area (Å²) in [4.78, 5) is 0. The molecule has 80 valence electrons. The number of nitrogens with one attached hydrogen (secondary N) is 1. The van der Waals surface area contributed by atoms with Crippen LogP contribution >= 0.6 is 0 Å². The quantitative estimate of drug-likeness (QED) is 0.541. The Bertz CT molecular complexity index is 91.1. The summed E-state index contributed by atoms with van der Waals surface area (Å²) in [5.74, 6) is 0.927. The molecule has 1 heteroatoms. The normalized spacial score (nSPS) is 13.2. The first kappa shape index (κ1) is 13.0. The molecule has 0 saturated carbocycles. The van der Waals surface area contributed by atoms with Crippen LogP contribution in [0.5, 0.6) is 0 Å². The van der Waals surface area contributed by atoms with Crippen LogP contribution in [0.3, 0.4) is 0 Å². The lowest BCUT2D eigenvalue weighted by Gasteiger charge is -2.15. The standard InChI is InChI=1S/C12H27N/c1-4-6-8-10-12(11-13-3)9-7-5-2/h12-13H,4-11H2,1-3H3. The third kappa shape index (κ3) is 8.29. The van der Waals surface area contributed by atoms with Crippen LogP contribution in [-0.2, 0) is 0 Å². The summed E-state index contributed by atoms with van der Waals surface area (Å²) >= 11 is 0. The molecule has 1 unspecified atom stereocenters. The number of unbranched alkanes of at least 4 members (excludes halogenated alkanes) is 3. The van der Waals surface area contributed by atoms with Crippen molar-refractivity contribution in [2.75, 3.05) is 13.6 Å². The van der Waals surface area contributed by atoms with Gasteiger partial charge in [-0.2, -0.15) is 0 Å². The molecule has 0 amide bonds. The van der Waals surface area contributed by atoms with Crippen LogP contribution < -0.4 is 5.32 Å². The molecule has 1 nitrogen and oxygen atoms in total. The average molecular weight is 185 g/mol. The maximum atomic E-state index is 3.30. The molecule has 0 fully saturated rings.